The van der Waals surface area contributed by atoms with E-state index in [4.69, 9.17) is 0 Å². The Kier molecular flexibility index (Phi) is 4.94. The van der Waals surface area contributed by atoms with E-state index in [1.54, 1.807) is 24.3 Å². The van der Waals surface area contributed by atoms with Crippen molar-refractivity contribution in [1.29, 1.82) is 0 Å². The Labute approximate surface area is 144 Å². The van der Waals surface area contributed by atoms with Crippen LogP contribution in [0.25, 0.3) is 0 Å². The van der Waals surface area contributed by atoms with Crippen LogP contribution in [0.5, 0.6) is 0 Å². The molecule has 3 rings (SSSR count). The first-order valence-electron chi connectivity index (χ1n) is 8.45. The molecule has 0 saturated carbocycles. The summed E-state index contributed by atoms with van der Waals surface area (Å²) in [5.41, 5.74) is 1.01. The molecule has 1 unspecified atom stereocenters. The third-order valence-corrected chi connectivity index (χ3v) is 6.85. The maximum atomic E-state index is 12.9. The summed E-state index contributed by atoms with van der Waals surface area (Å²) in [4.78, 5) is 17.1. The molecule has 2 fully saturated rings. The predicted octanol–water partition coefficient (Wildman–Crippen LogP) is 0.922. The summed E-state index contributed by atoms with van der Waals surface area (Å²) in [6, 6.07) is 6.28. The molecule has 1 atom stereocenters. The number of likely N-dealkylation sites (N-methyl/N-ethyl adjacent to an activating group) is 1. The Bertz CT molecular complexity index is 694. The topological polar surface area (TPSA) is 60.9 Å². The Balaban J connectivity index is 1.79. The number of amides is 1. The third-order valence-electron chi connectivity index (χ3n) is 4.93. The summed E-state index contributed by atoms with van der Waals surface area (Å²) in [5.74, 6) is -0.0451. The van der Waals surface area contributed by atoms with Gasteiger partial charge in [-0.15, -0.1) is 0 Å². The molecule has 24 heavy (non-hydrogen) atoms. The second-order valence-electron chi connectivity index (χ2n) is 6.72. The van der Waals surface area contributed by atoms with Gasteiger partial charge in [0, 0.05) is 32.7 Å². The van der Waals surface area contributed by atoms with Gasteiger partial charge in [-0.2, -0.15) is 4.31 Å². The summed E-state index contributed by atoms with van der Waals surface area (Å²) in [5, 5.41) is 0. The molecule has 2 aliphatic heterocycles. The van der Waals surface area contributed by atoms with Gasteiger partial charge in [0.25, 0.3) is 0 Å². The van der Waals surface area contributed by atoms with E-state index in [-0.39, 0.29) is 10.8 Å². The number of nitrogens with zero attached hydrogens (tertiary/aromatic N) is 3. The van der Waals surface area contributed by atoms with Crippen molar-refractivity contribution >= 4 is 15.9 Å². The number of hydrogen-bond acceptors (Lipinski definition) is 4. The molecule has 6 nitrogen and oxygen atoms in total. The van der Waals surface area contributed by atoms with Crippen LogP contribution in [-0.4, -0.2) is 74.2 Å². The lowest BCUT2D eigenvalue weighted by molar-refractivity contribution is -0.136. The third kappa shape index (κ3) is 3.34. The minimum atomic E-state index is -3.62. The van der Waals surface area contributed by atoms with Crippen LogP contribution in [-0.2, 0) is 14.8 Å². The average Bonchev–Trinajstić information content (AvgIpc) is 3.06. The summed E-state index contributed by atoms with van der Waals surface area (Å²) in [6.07, 6.45) is 1.34. The molecule has 1 aromatic rings. The number of aryl methyl sites for hydroxylation is 1. The van der Waals surface area contributed by atoms with Gasteiger partial charge in [-0.25, -0.2) is 8.42 Å². The zero-order chi connectivity index (χ0) is 17.3. The Morgan fingerprint density at radius 1 is 1.04 bits per heavy atom. The van der Waals surface area contributed by atoms with Crippen LogP contribution in [0.2, 0.25) is 0 Å². The summed E-state index contributed by atoms with van der Waals surface area (Å²) in [7, 11) is -1.59. The van der Waals surface area contributed by atoms with Crippen LogP contribution in [0.1, 0.15) is 18.4 Å². The lowest BCUT2D eigenvalue weighted by atomic mass is 10.2. The van der Waals surface area contributed by atoms with E-state index in [2.05, 4.69) is 4.90 Å². The molecule has 0 aromatic heterocycles. The van der Waals surface area contributed by atoms with Gasteiger partial charge in [0.05, 0.1) is 4.90 Å². The summed E-state index contributed by atoms with van der Waals surface area (Å²) < 4.78 is 27.3. The van der Waals surface area contributed by atoms with Crippen LogP contribution in [0.3, 0.4) is 0 Å². The van der Waals surface area contributed by atoms with Crippen LogP contribution in [0.15, 0.2) is 29.2 Å². The maximum absolute atomic E-state index is 12.9. The number of carbonyl (C=O) groups excluding carboxylic acids is 1. The second kappa shape index (κ2) is 6.82. The van der Waals surface area contributed by atoms with Gasteiger partial charge >= 0.3 is 0 Å². The highest BCUT2D eigenvalue weighted by molar-refractivity contribution is 7.89. The zero-order valence-corrected chi connectivity index (χ0v) is 15.1. The molecule has 0 N–H and O–H groups in total. The smallest absolute Gasteiger partial charge is 0.243 e. The molecule has 1 aromatic carbocycles. The van der Waals surface area contributed by atoms with Gasteiger partial charge in [-0.3, -0.25) is 4.79 Å². The number of sulfonamides is 1. The molecular formula is C17H25N3O3S. The van der Waals surface area contributed by atoms with Gasteiger partial charge in [0.2, 0.25) is 15.9 Å². The molecule has 7 heteroatoms. The van der Waals surface area contributed by atoms with Crippen LogP contribution < -0.4 is 0 Å². The molecule has 2 heterocycles. The van der Waals surface area contributed by atoms with Crippen LogP contribution in [0, 0.1) is 6.92 Å². The second-order valence-corrected chi connectivity index (χ2v) is 8.61. The Morgan fingerprint density at radius 2 is 1.67 bits per heavy atom. The van der Waals surface area contributed by atoms with Crippen molar-refractivity contribution in [2.45, 2.75) is 30.7 Å². The average molecular weight is 351 g/mol. The molecule has 132 valence electrons. The van der Waals surface area contributed by atoms with Gasteiger partial charge in [0.1, 0.15) is 6.04 Å². The SMILES string of the molecule is Cc1ccc(S(=O)(=O)N2CCCC2C(=O)N2CCN(C)CC2)cc1. The minimum Gasteiger partial charge on any atom is -0.339 e. The fraction of sp³-hybridized carbons (Fsp3) is 0.588. The highest BCUT2D eigenvalue weighted by Gasteiger charge is 2.41. The Morgan fingerprint density at radius 3 is 2.29 bits per heavy atom. The van der Waals surface area contributed by atoms with Gasteiger partial charge < -0.3 is 9.80 Å². The lowest BCUT2D eigenvalue weighted by Crippen LogP contribution is -2.53. The Hall–Kier alpha value is -1.44. The van der Waals surface area contributed by atoms with E-state index in [1.807, 2.05) is 18.9 Å². The fourth-order valence-electron chi connectivity index (χ4n) is 3.36. The first-order chi connectivity index (χ1) is 11.4. The number of hydrogen-bond donors (Lipinski definition) is 0. The van der Waals surface area contributed by atoms with Crippen LogP contribution >= 0.6 is 0 Å². The van der Waals surface area contributed by atoms with Crippen molar-refractivity contribution in [3.63, 3.8) is 0 Å². The number of carbonyl (C=O) groups is 1. The van der Waals surface area contributed by atoms with Crippen molar-refractivity contribution in [2.75, 3.05) is 39.8 Å². The van der Waals surface area contributed by atoms with Crippen LogP contribution in [0.4, 0.5) is 0 Å². The quantitative estimate of drug-likeness (QED) is 0.813. The minimum absolute atomic E-state index is 0.0451. The number of benzene rings is 1. The molecule has 2 saturated heterocycles. The molecule has 0 bridgehead atoms. The summed E-state index contributed by atoms with van der Waals surface area (Å²) in [6.45, 7) is 5.35. The van der Waals surface area contributed by atoms with E-state index < -0.39 is 16.1 Å². The number of piperazine rings is 1. The molecule has 0 aliphatic carbocycles. The predicted molar refractivity (Wildman–Crippen MR) is 92.2 cm³/mol. The first kappa shape index (κ1) is 17.4. The molecular weight excluding hydrogens is 326 g/mol. The van der Waals surface area contributed by atoms with E-state index >= 15 is 0 Å². The van der Waals surface area contributed by atoms with Gasteiger partial charge in [-0.1, -0.05) is 17.7 Å². The van der Waals surface area contributed by atoms with Gasteiger partial charge in [-0.05, 0) is 38.9 Å². The van der Waals surface area contributed by atoms with Gasteiger partial charge in [0.15, 0.2) is 0 Å². The summed E-state index contributed by atoms with van der Waals surface area (Å²) >= 11 is 0. The maximum Gasteiger partial charge on any atom is 0.243 e. The highest BCUT2D eigenvalue weighted by Crippen LogP contribution is 2.27. The first-order valence-corrected chi connectivity index (χ1v) is 9.89. The van der Waals surface area contributed by atoms with Crippen molar-refractivity contribution in [2.24, 2.45) is 0 Å². The fourth-order valence-corrected chi connectivity index (χ4v) is 5.01. The molecule has 1 amide bonds. The highest BCUT2D eigenvalue weighted by atomic mass is 32.2. The van der Waals surface area contributed by atoms with Crippen molar-refractivity contribution < 1.29 is 13.2 Å². The van der Waals surface area contributed by atoms with E-state index in [0.29, 0.717) is 26.1 Å². The van der Waals surface area contributed by atoms with E-state index in [9.17, 15) is 13.2 Å². The molecule has 0 radical (unpaired) electrons. The van der Waals surface area contributed by atoms with Crippen molar-refractivity contribution in [3.8, 4) is 0 Å². The van der Waals surface area contributed by atoms with Crippen molar-refractivity contribution in [1.82, 2.24) is 14.1 Å². The largest absolute Gasteiger partial charge is 0.339 e. The van der Waals surface area contributed by atoms with E-state index in [1.165, 1.54) is 4.31 Å². The monoisotopic (exact) mass is 351 g/mol. The van der Waals surface area contributed by atoms with Crippen molar-refractivity contribution in [3.05, 3.63) is 29.8 Å². The number of rotatable bonds is 3. The zero-order valence-electron chi connectivity index (χ0n) is 14.3. The standard InChI is InChI=1S/C17H25N3O3S/c1-14-5-7-15(8-6-14)24(22,23)20-9-3-4-16(20)17(21)19-12-10-18(2)11-13-19/h5-8,16H,3-4,9-13H2,1-2H3. The lowest BCUT2D eigenvalue weighted by Gasteiger charge is -2.35. The molecule has 0 spiro atoms. The normalized spacial score (nSPS) is 23.6. The van der Waals surface area contributed by atoms with E-state index in [0.717, 1.165) is 25.1 Å². The molecule has 2 aliphatic rings.